The summed E-state index contributed by atoms with van der Waals surface area (Å²) in [5, 5.41) is 20.9. The fourth-order valence-corrected chi connectivity index (χ4v) is 2.73. The molecule has 0 bridgehead atoms. The Hall–Kier alpha value is -2.12. The molecule has 23 heavy (non-hydrogen) atoms. The zero-order chi connectivity index (χ0) is 16.7. The maximum Gasteiger partial charge on any atom is 0.407 e. The second kappa shape index (κ2) is 8.50. The van der Waals surface area contributed by atoms with Gasteiger partial charge in [0.15, 0.2) is 0 Å². The van der Waals surface area contributed by atoms with Crippen molar-refractivity contribution >= 4 is 12.1 Å². The molecule has 0 spiro atoms. The molecule has 1 heterocycles. The van der Waals surface area contributed by atoms with Gasteiger partial charge < -0.3 is 20.3 Å². The molecule has 7 heteroatoms. The highest BCUT2D eigenvalue weighted by Crippen LogP contribution is 2.17. The quantitative estimate of drug-likeness (QED) is 0.712. The van der Waals surface area contributed by atoms with E-state index in [4.69, 9.17) is 9.84 Å². The third-order valence-electron chi connectivity index (χ3n) is 3.83. The minimum atomic E-state index is -0.892. The number of benzene rings is 1. The molecule has 0 aliphatic carbocycles. The highest BCUT2D eigenvalue weighted by molar-refractivity contribution is 5.71. The van der Waals surface area contributed by atoms with Crippen LogP contribution >= 0.6 is 0 Å². The lowest BCUT2D eigenvalue weighted by atomic mass is 9.94. The summed E-state index contributed by atoms with van der Waals surface area (Å²) in [6.45, 7) is 1.40. The van der Waals surface area contributed by atoms with Crippen molar-refractivity contribution in [1.82, 2.24) is 10.2 Å². The number of carbonyl (C=O) groups is 2. The average molecular weight is 322 g/mol. The Bertz CT molecular complexity index is 522. The highest BCUT2D eigenvalue weighted by atomic mass is 16.5. The van der Waals surface area contributed by atoms with Crippen molar-refractivity contribution in [2.24, 2.45) is 5.92 Å². The summed E-state index contributed by atoms with van der Waals surface area (Å²) in [5.41, 5.74) is 0.886. The number of nitrogens with zero attached hydrogens (tertiary/aromatic N) is 1. The third kappa shape index (κ3) is 5.54. The first-order valence-electron chi connectivity index (χ1n) is 7.61. The van der Waals surface area contributed by atoms with Crippen molar-refractivity contribution in [2.45, 2.75) is 19.1 Å². The van der Waals surface area contributed by atoms with E-state index in [-0.39, 0.29) is 19.3 Å². The molecule has 0 saturated carbocycles. The van der Waals surface area contributed by atoms with Crippen LogP contribution in [0, 0.1) is 5.92 Å². The van der Waals surface area contributed by atoms with Crippen LogP contribution in [0.5, 0.6) is 0 Å². The molecule has 2 atom stereocenters. The molecule has 2 rings (SSSR count). The first kappa shape index (κ1) is 17.2. The van der Waals surface area contributed by atoms with Crippen LogP contribution < -0.4 is 5.32 Å². The van der Waals surface area contributed by atoms with Crippen LogP contribution in [0.25, 0.3) is 0 Å². The first-order valence-corrected chi connectivity index (χ1v) is 7.61. The number of rotatable bonds is 6. The fourth-order valence-electron chi connectivity index (χ4n) is 2.73. The molecule has 1 aromatic rings. The lowest BCUT2D eigenvalue weighted by molar-refractivity contribution is -0.144. The molecule has 0 radical (unpaired) electrons. The van der Waals surface area contributed by atoms with Crippen LogP contribution in [-0.4, -0.2) is 59.5 Å². The predicted octanol–water partition coefficient (Wildman–Crippen LogP) is 0.680. The number of carbonyl (C=O) groups excluding carboxylic acids is 1. The number of likely N-dealkylation sites (tertiary alicyclic amines) is 1. The number of piperidine rings is 1. The number of amides is 1. The molecule has 7 nitrogen and oxygen atoms in total. The standard InChI is InChI=1S/C16H22N2O5/c19-7-6-18-9-13(15(20)21)8-14(10-18)17-16(22)23-11-12-4-2-1-3-5-12/h1-5,13-14,19H,6-11H2,(H,17,22)(H,20,21). The van der Waals surface area contributed by atoms with Crippen LogP contribution in [0.3, 0.4) is 0 Å². The second-order valence-electron chi connectivity index (χ2n) is 5.66. The van der Waals surface area contributed by atoms with Crippen molar-refractivity contribution in [2.75, 3.05) is 26.2 Å². The number of carboxylic acid groups (broad SMARTS) is 1. The number of hydrogen-bond donors (Lipinski definition) is 3. The van der Waals surface area contributed by atoms with E-state index in [9.17, 15) is 14.7 Å². The summed E-state index contributed by atoms with van der Waals surface area (Å²) in [4.78, 5) is 24.9. The lowest BCUT2D eigenvalue weighted by Gasteiger charge is -2.35. The summed E-state index contributed by atoms with van der Waals surface area (Å²) in [5.74, 6) is -1.45. The smallest absolute Gasteiger partial charge is 0.407 e. The van der Waals surface area contributed by atoms with Gasteiger partial charge in [0, 0.05) is 25.7 Å². The van der Waals surface area contributed by atoms with Gasteiger partial charge in [0.1, 0.15) is 6.61 Å². The van der Waals surface area contributed by atoms with E-state index in [1.807, 2.05) is 35.2 Å². The van der Waals surface area contributed by atoms with Crippen molar-refractivity contribution in [3.63, 3.8) is 0 Å². The van der Waals surface area contributed by atoms with Crippen LogP contribution in [0.15, 0.2) is 30.3 Å². The van der Waals surface area contributed by atoms with Gasteiger partial charge in [0.25, 0.3) is 0 Å². The molecule has 1 aliphatic heterocycles. The maximum absolute atomic E-state index is 11.9. The molecule has 1 aromatic carbocycles. The fraction of sp³-hybridized carbons (Fsp3) is 0.500. The number of alkyl carbamates (subject to hydrolysis) is 1. The predicted molar refractivity (Wildman–Crippen MR) is 82.8 cm³/mol. The maximum atomic E-state index is 11.9. The number of hydrogen-bond acceptors (Lipinski definition) is 5. The van der Waals surface area contributed by atoms with Crippen molar-refractivity contribution in [1.29, 1.82) is 0 Å². The van der Waals surface area contributed by atoms with Gasteiger partial charge in [-0.1, -0.05) is 30.3 Å². The molecule has 1 fully saturated rings. The minimum Gasteiger partial charge on any atom is -0.481 e. The van der Waals surface area contributed by atoms with Crippen LogP contribution in [0.4, 0.5) is 4.79 Å². The molecular formula is C16H22N2O5. The lowest BCUT2D eigenvalue weighted by Crippen LogP contribution is -2.52. The molecular weight excluding hydrogens is 300 g/mol. The Balaban J connectivity index is 1.84. The Labute approximate surface area is 134 Å². The summed E-state index contributed by atoms with van der Waals surface area (Å²) < 4.78 is 5.16. The van der Waals surface area contributed by atoms with Crippen molar-refractivity contribution < 1.29 is 24.5 Å². The van der Waals surface area contributed by atoms with Crippen LogP contribution in [-0.2, 0) is 16.1 Å². The Morgan fingerprint density at radius 3 is 2.65 bits per heavy atom. The van der Waals surface area contributed by atoms with Gasteiger partial charge in [-0.05, 0) is 12.0 Å². The number of nitrogens with one attached hydrogen (secondary N) is 1. The SMILES string of the molecule is O=C(NC1CC(C(=O)O)CN(CCO)C1)OCc1ccccc1. The van der Waals surface area contributed by atoms with E-state index >= 15 is 0 Å². The molecule has 1 saturated heterocycles. The van der Waals surface area contributed by atoms with Gasteiger partial charge in [-0.15, -0.1) is 0 Å². The highest BCUT2D eigenvalue weighted by Gasteiger charge is 2.32. The number of aliphatic carboxylic acids is 1. The van der Waals surface area contributed by atoms with E-state index in [2.05, 4.69) is 5.32 Å². The third-order valence-corrected chi connectivity index (χ3v) is 3.83. The van der Waals surface area contributed by atoms with Crippen LogP contribution in [0.1, 0.15) is 12.0 Å². The summed E-state index contributed by atoms with van der Waals surface area (Å²) >= 11 is 0. The minimum absolute atomic E-state index is 0.0441. The summed E-state index contributed by atoms with van der Waals surface area (Å²) in [6.07, 6.45) is -0.202. The number of aliphatic hydroxyl groups is 1. The number of ether oxygens (including phenoxy) is 1. The van der Waals surface area contributed by atoms with E-state index in [1.165, 1.54) is 0 Å². The van der Waals surface area contributed by atoms with E-state index in [0.29, 0.717) is 26.1 Å². The summed E-state index contributed by atoms with van der Waals surface area (Å²) in [6, 6.07) is 9.02. The molecule has 1 amide bonds. The average Bonchev–Trinajstić information content (AvgIpc) is 2.54. The summed E-state index contributed by atoms with van der Waals surface area (Å²) in [7, 11) is 0. The number of carboxylic acids is 1. The Kier molecular flexibility index (Phi) is 6.37. The second-order valence-corrected chi connectivity index (χ2v) is 5.66. The normalized spacial score (nSPS) is 21.6. The first-order chi connectivity index (χ1) is 11.1. The van der Waals surface area contributed by atoms with Gasteiger partial charge in [-0.3, -0.25) is 9.69 Å². The van der Waals surface area contributed by atoms with Gasteiger partial charge in [0.2, 0.25) is 0 Å². The van der Waals surface area contributed by atoms with Gasteiger partial charge in [-0.2, -0.15) is 0 Å². The van der Waals surface area contributed by atoms with Gasteiger partial charge >= 0.3 is 12.1 Å². The topological polar surface area (TPSA) is 99.1 Å². The monoisotopic (exact) mass is 322 g/mol. The van der Waals surface area contributed by atoms with Crippen molar-refractivity contribution in [3.05, 3.63) is 35.9 Å². The zero-order valence-corrected chi connectivity index (χ0v) is 12.9. The zero-order valence-electron chi connectivity index (χ0n) is 12.9. The largest absolute Gasteiger partial charge is 0.481 e. The number of aliphatic hydroxyl groups excluding tert-OH is 1. The van der Waals surface area contributed by atoms with Gasteiger partial charge in [-0.25, -0.2) is 4.79 Å². The Morgan fingerprint density at radius 1 is 1.26 bits per heavy atom. The molecule has 126 valence electrons. The van der Waals surface area contributed by atoms with E-state index < -0.39 is 18.0 Å². The van der Waals surface area contributed by atoms with Crippen molar-refractivity contribution in [3.8, 4) is 0 Å². The Morgan fingerprint density at radius 2 is 2.00 bits per heavy atom. The molecule has 3 N–H and O–H groups in total. The van der Waals surface area contributed by atoms with Crippen LogP contribution in [0.2, 0.25) is 0 Å². The van der Waals surface area contributed by atoms with E-state index in [0.717, 1.165) is 5.56 Å². The molecule has 2 unspecified atom stereocenters. The van der Waals surface area contributed by atoms with Gasteiger partial charge in [0.05, 0.1) is 12.5 Å². The molecule has 1 aliphatic rings. The molecule has 0 aromatic heterocycles. The van der Waals surface area contributed by atoms with E-state index in [1.54, 1.807) is 0 Å². The number of β-amino-alcohol motifs (C(OH)–C–C–N with tert-alkyl or cyclic N) is 1.